The minimum atomic E-state index is -0.996. The van der Waals surface area contributed by atoms with E-state index >= 15 is 0 Å². The van der Waals surface area contributed by atoms with Crippen LogP contribution in [0.1, 0.15) is 25.8 Å². The number of hydrogen-bond acceptors (Lipinski definition) is 4. The molecule has 0 saturated heterocycles. The predicted molar refractivity (Wildman–Crippen MR) is 103 cm³/mol. The first-order valence-electron chi connectivity index (χ1n) is 8.34. The van der Waals surface area contributed by atoms with Gasteiger partial charge in [-0.1, -0.05) is 42.8 Å². The molecule has 0 aliphatic carbocycles. The van der Waals surface area contributed by atoms with Crippen LogP contribution >= 0.6 is 11.6 Å². The third-order valence-corrected chi connectivity index (χ3v) is 3.70. The summed E-state index contributed by atoms with van der Waals surface area (Å²) in [6.45, 7) is 5.09. The highest BCUT2D eigenvalue weighted by Crippen LogP contribution is 2.23. The van der Waals surface area contributed by atoms with Gasteiger partial charge in [0, 0.05) is 5.02 Å². The number of halogens is 1. The van der Waals surface area contributed by atoms with Crippen LogP contribution in [0.25, 0.3) is 0 Å². The van der Waals surface area contributed by atoms with E-state index in [1.165, 1.54) is 6.92 Å². The summed E-state index contributed by atoms with van der Waals surface area (Å²) < 4.78 is 10.4. The molecule has 0 spiro atoms. The highest BCUT2D eigenvalue weighted by atomic mass is 35.5. The topological polar surface area (TPSA) is 93.1 Å². The number of carboxylic acid groups (broad SMARTS) is 2. The first-order chi connectivity index (χ1) is 12.7. The summed E-state index contributed by atoms with van der Waals surface area (Å²) in [5.41, 5.74) is 0.863. The lowest BCUT2D eigenvalue weighted by Gasteiger charge is -2.12. The summed E-state index contributed by atoms with van der Waals surface area (Å²) in [6, 6.07) is 14.1. The molecule has 0 aliphatic heterocycles. The quantitative estimate of drug-likeness (QED) is 0.721. The zero-order valence-electron chi connectivity index (χ0n) is 15.4. The van der Waals surface area contributed by atoms with Gasteiger partial charge in [-0.15, -0.1) is 0 Å². The molecule has 146 valence electrons. The van der Waals surface area contributed by atoms with Crippen LogP contribution in [0, 0.1) is 6.92 Å². The van der Waals surface area contributed by atoms with Gasteiger partial charge in [0.15, 0.2) is 12.2 Å². The van der Waals surface area contributed by atoms with Crippen LogP contribution in [-0.2, 0) is 9.59 Å². The Hall–Kier alpha value is -2.73. The van der Waals surface area contributed by atoms with E-state index in [9.17, 15) is 9.59 Å². The van der Waals surface area contributed by atoms with Crippen molar-refractivity contribution >= 4 is 23.5 Å². The first kappa shape index (κ1) is 22.3. The molecule has 0 radical (unpaired) electrons. The molecule has 0 aliphatic rings. The third kappa shape index (κ3) is 8.00. The molecule has 27 heavy (non-hydrogen) atoms. The molecule has 2 atom stereocenters. The van der Waals surface area contributed by atoms with Crippen molar-refractivity contribution in [1.82, 2.24) is 0 Å². The van der Waals surface area contributed by atoms with Crippen LogP contribution in [-0.4, -0.2) is 34.4 Å². The SMILES string of the molecule is CCC(Oc1ccccc1)C(=O)O.Cc1ccc(Cl)cc1OC(C)C(=O)O. The van der Waals surface area contributed by atoms with Crippen molar-refractivity contribution in [2.45, 2.75) is 39.4 Å². The lowest BCUT2D eigenvalue weighted by atomic mass is 10.2. The minimum absolute atomic E-state index is 0.463. The number of hydrogen-bond donors (Lipinski definition) is 2. The Kier molecular flexibility index (Phi) is 9.16. The summed E-state index contributed by atoms with van der Waals surface area (Å²) >= 11 is 5.75. The molecule has 0 amide bonds. The zero-order valence-corrected chi connectivity index (χ0v) is 16.1. The van der Waals surface area contributed by atoms with E-state index in [1.807, 2.05) is 25.1 Å². The molecule has 6 nitrogen and oxygen atoms in total. The van der Waals surface area contributed by atoms with Gasteiger partial charge in [0.1, 0.15) is 11.5 Å². The highest BCUT2D eigenvalue weighted by molar-refractivity contribution is 6.30. The van der Waals surface area contributed by atoms with Crippen LogP contribution in [0.15, 0.2) is 48.5 Å². The van der Waals surface area contributed by atoms with E-state index in [0.29, 0.717) is 22.9 Å². The first-order valence-corrected chi connectivity index (χ1v) is 8.72. The fraction of sp³-hybridized carbons (Fsp3) is 0.300. The van der Waals surface area contributed by atoms with E-state index in [0.717, 1.165) is 5.56 Å². The Labute approximate surface area is 163 Å². The van der Waals surface area contributed by atoms with Gasteiger partial charge >= 0.3 is 11.9 Å². The molecule has 0 bridgehead atoms. The van der Waals surface area contributed by atoms with Crippen LogP contribution in [0.4, 0.5) is 0 Å². The Balaban J connectivity index is 0.000000271. The van der Waals surface area contributed by atoms with Crippen molar-refractivity contribution in [1.29, 1.82) is 0 Å². The lowest BCUT2D eigenvalue weighted by molar-refractivity contribution is -0.145. The van der Waals surface area contributed by atoms with Crippen molar-refractivity contribution in [3.05, 3.63) is 59.1 Å². The van der Waals surface area contributed by atoms with Crippen molar-refractivity contribution in [3.8, 4) is 11.5 Å². The van der Waals surface area contributed by atoms with E-state index in [-0.39, 0.29) is 0 Å². The monoisotopic (exact) mass is 394 g/mol. The van der Waals surface area contributed by atoms with E-state index in [1.54, 1.807) is 37.3 Å². The van der Waals surface area contributed by atoms with Crippen LogP contribution in [0.3, 0.4) is 0 Å². The number of carboxylic acids is 2. The number of aliphatic carboxylic acids is 2. The van der Waals surface area contributed by atoms with Crippen molar-refractivity contribution in [2.24, 2.45) is 0 Å². The van der Waals surface area contributed by atoms with Gasteiger partial charge in [0.25, 0.3) is 0 Å². The van der Waals surface area contributed by atoms with Gasteiger partial charge in [-0.3, -0.25) is 0 Å². The van der Waals surface area contributed by atoms with Crippen molar-refractivity contribution in [3.63, 3.8) is 0 Å². The molecule has 0 heterocycles. The molecule has 2 unspecified atom stereocenters. The Morgan fingerprint density at radius 3 is 2.19 bits per heavy atom. The summed E-state index contributed by atoms with van der Waals surface area (Å²) in [5, 5.41) is 17.9. The van der Waals surface area contributed by atoms with Gasteiger partial charge in [-0.2, -0.15) is 0 Å². The highest BCUT2D eigenvalue weighted by Gasteiger charge is 2.16. The smallest absolute Gasteiger partial charge is 0.344 e. The van der Waals surface area contributed by atoms with Gasteiger partial charge in [0.2, 0.25) is 0 Å². The number of rotatable bonds is 7. The van der Waals surface area contributed by atoms with E-state index in [2.05, 4.69) is 0 Å². The number of aryl methyl sites for hydroxylation is 1. The minimum Gasteiger partial charge on any atom is -0.479 e. The lowest BCUT2D eigenvalue weighted by Crippen LogP contribution is -2.25. The fourth-order valence-electron chi connectivity index (χ4n) is 1.91. The second kappa shape index (κ2) is 11.1. The molecule has 0 aromatic heterocycles. The van der Waals surface area contributed by atoms with Gasteiger partial charge in [0.05, 0.1) is 0 Å². The molecule has 0 fully saturated rings. The molecule has 2 N–H and O–H groups in total. The Bertz CT molecular complexity index is 747. The number of benzene rings is 2. The maximum Gasteiger partial charge on any atom is 0.344 e. The normalized spacial score (nSPS) is 12.1. The maximum atomic E-state index is 10.6. The summed E-state index contributed by atoms with van der Waals surface area (Å²) in [6.07, 6.45) is -1.15. The molecular formula is C20H23ClO6. The number of carbonyl (C=O) groups is 2. The Morgan fingerprint density at radius 2 is 1.67 bits per heavy atom. The van der Waals surface area contributed by atoms with E-state index in [4.69, 9.17) is 31.3 Å². The van der Waals surface area contributed by atoms with Crippen molar-refractivity contribution < 1.29 is 29.3 Å². The van der Waals surface area contributed by atoms with Gasteiger partial charge in [-0.25, -0.2) is 9.59 Å². The average molecular weight is 395 g/mol. The maximum absolute atomic E-state index is 10.6. The van der Waals surface area contributed by atoms with Crippen molar-refractivity contribution in [2.75, 3.05) is 0 Å². The summed E-state index contributed by atoms with van der Waals surface area (Å²) in [5.74, 6) is -0.820. The molecule has 0 saturated carbocycles. The Morgan fingerprint density at radius 1 is 1.04 bits per heavy atom. The van der Waals surface area contributed by atoms with Gasteiger partial charge < -0.3 is 19.7 Å². The molecule has 7 heteroatoms. The zero-order chi connectivity index (χ0) is 20.4. The van der Waals surface area contributed by atoms with Gasteiger partial charge in [-0.05, 0) is 50.1 Å². The molecule has 2 aromatic carbocycles. The predicted octanol–water partition coefficient (Wildman–Crippen LogP) is 4.43. The number of para-hydroxylation sites is 1. The summed E-state index contributed by atoms with van der Waals surface area (Å²) in [4.78, 5) is 21.2. The standard InChI is InChI=1S/C10H11ClO3.C10H12O3/c1-6-3-4-8(11)5-9(6)14-7(2)10(12)13;1-2-9(10(11)12)13-8-6-4-3-5-7-8/h3-5,7H,1-2H3,(H,12,13);3-7,9H,2H2,1H3,(H,11,12). The van der Waals surface area contributed by atoms with E-state index < -0.39 is 24.1 Å². The second-order valence-electron chi connectivity index (χ2n) is 5.67. The molecule has 2 aromatic rings. The third-order valence-electron chi connectivity index (χ3n) is 3.47. The molecule has 2 rings (SSSR count). The summed E-state index contributed by atoms with van der Waals surface area (Å²) in [7, 11) is 0. The fourth-order valence-corrected chi connectivity index (χ4v) is 2.08. The second-order valence-corrected chi connectivity index (χ2v) is 6.11. The van der Waals surface area contributed by atoms with Crippen LogP contribution in [0.5, 0.6) is 11.5 Å². The largest absolute Gasteiger partial charge is 0.479 e. The average Bonchev–Trinajstić information content (AvgIpc) is 2.63. The molecular weight excluding hydrogens is 372 g/mol. The van der Waals surface area contributed by atoms with Crippen LogP contribution in [0.2, 0.25) is 5.02 Å². The van der Waals surface area contributed by atoms with Crippen LogP contribution < -0.4 is 9.47 Å². The number of ether oxygens (including phenoxy) is 2.